The van der Waals surface area contributed by atoms with E-state index < -0.39 is 0 Å². The Balaban J connectivity index is 0.00000208. The van der Waals surface area contributed by atoms with Crippen molar-refractivity contribution >= 4 is 29.9 Å². The predicted octanol–water partition coefficient (Wildman–Crippen LogP) is 2.02. The van der Waals surface area contributed by atoms with Crippen molar-refractivity contribution in [2.45, 2.75) is 44.6 Å². The van der Waals surface area contributed by atoms with Gasteiger partial charge in [0, 0.05) is 37.2 Å². The van der Waals surface area contributed by atoms with Crippen molar-refractivity contribution < 1.29 is 9.59 Å². The molecule has 0 radical (unpaired) electrons. The largest absolute Gasteiger partial charge is 0.356 e. The Hall–Kier alpha value is -1.59. The highest BCUT2D eigenvalue weighted by Gasteiger charge is 2.27. The minimum absolute atomic E-state index is 0. The van der Waals surface area contributed by atoms with Crippen molar-refractivity contribution in [3.8, 4) is 0 Å². The summed E-state index contributed by atoms with van der Waals surface area (Å²) in [6.45, 7) is 1.33. The van der Waals surface area contributed by atoms with Crippen LogP contribution in [0.5, 0.6) is 0 Å². The van der Waals surface area contributed by atoms with Gasteiger partial charge in [-0.15, -0.1) is 12.4 Å². The SMILES string of the molecule is Cl.NC1CCC(C(=O)NCCCC(=O)N2CCc3ccccc32)C1. The van der Waals surface area contributed by atoms with Gasteiger partial charge >= 0.3 is 0 Å². The van der Waals surface area contributed by atoms with E-state index in [1.807, 2.05) is 23.1 Å². The minimum Gasteiger partial charge on any atom is -0.356 e. The van der Waals surface area contributed by atoms with Gasteiger partial charge in [-0.05, 0) is 43.7 Å². The van der Waals surface area contributed by atoms with Crippen molar-refractivity contribution in [2.24, 2.45) is 11.7 Å². The van der Waals surface area contributed by atoms with Gasteiger partial charge in [0.25, 0.3) is 0 Å². The molecule has 2 atom stereocenters. The first-order valence-electron chi connectivity index (χ1n) is 8.56. The second kappa shape index (κ2) is 8.49. The number of carbonyl (C=O) groups excluding carboxylic acids is 2. The number of amides is 2. The van der Waals surface area contributed by atoms with Crippen LogP contribution in [-0.2, 0) is 16.0 Å². The maximum Gasteiger partial charge on any atom is 0.227 e. The van der Waals surface area contributed by atoms with Crippen LogP contribution in [-0.4, -0.2) is 30.9 Å². The topological polar surface area (TPSA) is 75.4 Å². The lowest BCUT2D eigenvalue weighted by Crippen LogP contribution is -2.33. The molecule has 24 heavy (non-hydrogen) atoms. The molecule has 2 aliphatic rings. The van der Waals surface area contributed by atoms with Gasteiger partial charge in [0.05, 0.1) is 0 Å². The van der Waals surface area contributed by atoms with Crippen LogP contribution in [0.3, 0.4) is 0 Å². The van der Waals surface area contributed by atoms with E-state index >= 15 is 0 Å². The summed E-state index contributed by atoms with van der Waals surface area (Å²) in [6, 6.07) is 8.23. The standard InChI is InChI=1S/C18H25N3O2.ClH/c19-15-8-7-14(12-15)18(23)20-10-3-6-17(22)21-11-9-13-4-1-2-5-16(13)21;/h1-2,4-5,14-15H,3,6-12,19H2,(H,20,23);1H. The van der Waals surface area contributed by atoms with Crippen molar-refractivity contribution in [3.05, 3.63) is 29.8 Å². The zero-order valence-electron chi connectivity index (χ0n) is 13.9. The lowest BCUT2D eigenvalue weighted by Gasteiger charge is -2.17. The van der Waals surface area contributed by atoms with Crippen molar-refractivity contribution in [1.29, 1.82) is 0 Å². The third-order valence-electron chi connectivity index (χ3n) is 4.90. The quantitative estimate of drug-likeness (QED) is 0.797. The zero-order valence-corrected chi connectivity index (χ0v) is 14.7. The number of halogens is 1. The van der Waals surface area contributed by atoms with Gasteiger partial charge in [0.15, 0.2) is 0 Å². The summed E-state index contributed by atoms with van der Waals surface area (Å²) in [5.74, 6) is 0.301. The van der Waals surface area contributed by atoms with Gasteiger partial charge in [-0.2, -0.15) is 0 Å². The monoisotopic (exact) mass is 351 g/mol. The molecular weight excluding hydrogens is 326 g/mol. The first-order valence-corrected chi connectivity index (χ1v) is 8.56. The number of nitrogens with one attached hydrogen (secondary N) is 1. The number of carbonyl (C=O) groups is 2. The fraction of sp³-hybridized carbons (Fsp3) is 0.556. The second-order valence-corrected chi connectivity index (χ2v) is 6.59. The van der Waals surface area contributed by atoms with E-state index in [-0.39, 0.29) is 36.2 Å². The number of nitrogens with zero attached hydrogens (tertiary/aromatic N) is 1. The molecule has 0 saturated heterocycles. The van der Waals surface area contributed by atoms with E-state index in [1.54, 1.807) is 0 Å². The van der Waals surface area contributed by atoms with Crippen LogP contribution in [0.15, 0.2) is 24.3 Å². The van der Waals surface area contributed by atoms with Crippen LogP contribution < -0.4 is 16.0 Å². The van der Waals surface area contributed by atoms with Gasteiger partial charge < -0.3 is 16.0 Å². The Morgan fingerprint density at radius 2 is 2.04 bits per heavy atom. The lowest BCUT2D eigenvalue weighted by atomic mass is 10.1. The number of rotatable bonds is 5. The summed E-state index contributed by atoms with van der Waals surface area (Å²) in [6.07, 6.45) is 4.69. The molecule has 1 fully saturated rings. The summed E-state index contributed by atoms with van der Waals surface area (Å²) < 4.78 is 0. The first kappa shape index (κ1) is 18.7. The molecule has 3 rings (SSSR count). The third-order valence-corrected chi connectivity index (χ3v) is 4.90. The fourth-order valence-corrected chi connectivity index (χ4v) is 3.58. The molecule has 1 saturated carbocycles. The molecule has 2 unspecified atom stereocenters. The molecule has 1 heterocycles. The molecule has 132 valence electrons. The fourth-order valence-electron chi connectivity index (χ4n) is 3.58. The van der Waals surface area contributed by atoms with Gasteiger partial charge in [0.2, 0.25) is 11.8 Å². The molecule has 3 N–H and O–H groups in total. The minimum atomic E-state index is 0. The van der Waals surface area contributed by atoms with Gasteiger partial charge in [0.1, 0.15) is 0 Å². The molecule has 1 aromatic carbocycles. The summed E-state index contributed by atoms with van der Waals surface area (Å²) in [7, 11) is 0. The Morgan fingerprint density at radius 3 is 2.79 bits per heavy atom. The summed E-state index contributed by atoms with van der Waals surface area (Å²) in [4.78, 5) is 26.2. The Morgan fingerprint density at radius 1 is 1.25 bits per heavy atom. The molecule has 0 bridgehead atoms. The first-order chi connectivity index (χ1) is 11.1. The maximum absolute atomic E-state index is 12.3. The summed E-state index contributed by atoms with van der Waals surface area (Å²) in [5, 5.41) is 2.95. The van der Waals surface area contributed by atoms with Crippen LogP contribution >= 0.6 is 12.4 Å². The molecule has 2 amide bonds. The smallest absolute Gasteiger partial charge is 0.227 e. The van der Waals surface area contributed by atoms with E-state index in [0.717, 1.165) is 37.9 Å². The van der Waals surface area contributed by atoms with Crippen LogP contribution in [0.4, 0.5) is 5.69 Å². The molecule has 1 aromatic rings. The normalized spacial score (nSPS) is 22.0. The molecule has 0 aromatic heterocycles. The number of benzene rings is 1. The highest BCUT2D eigenvalue weighted by Crippen LogP contribution is 2.28. The molecule has 5 nitrogen and oxygen atoms in total. The summed E-state index contributed by atoms with van der Waals surface area (Å²) in [5.41, 5.74) is 8.12. The highest BCUT2D eigenvalue weighted by molar-refractivity contribution is 5.95. The molecular formula is C18H26ClN3O2. The van der Waals surface area contributed by atoms with Crippen molar-refractivity contribution in [3.63, 3.8) is 0 Å². The second-order valence-electron chi connectivity index (χ2n) is 6.59. The number of anilines is 1. The molecule has 6 heteroatoms. The molecule has 1 aliphatic carbocycles. The van der Waals surface area contributed by atoms with E-state index in [1.165, 1.54) is 5.56 Å². The van der Waals surface area contributed by atoms with Gasteiger partial charge in [-0.3, -0.25) is 9.59 Å². The Kier molecular flexibility index (Phi) is 6.63. The van der Waals surface area contributed by atoms with Crippen LogP contribution in [0, 0.1) is 5.92 Å². The van der Waals surface area contributed by atoms with Gasteiger partial charge in [-0.25, -0.2) is 0 Å². The highest BCUT2D eigenvalue weighted by atomic mass is 35.5. The summed E-state index contributed by atoms with van der Waals surface area (Å²) >= 11 is 0. The van der Waals surface area contributed by atoms with Gasteiger partial charge in [-0.1, -0.05) is 18.2 Å². The molecule has 0 spiro atoms. The van der Waals surface area contributed by atoms with Crippen LogP contribution in [0.1, 0.15) is 37.7 Å². The van der Waals surface area contributed by atoms with Crippen LogP contribution in [0.25, 0.3) is 0 Å². The predicted molar refractivity (Wildman–Crippen MR) is 97.3 cm³/mol. The van der Waals surface area contributed by atoms with E-state index in [0.29, 0.717) is 19.4 Å². The Bertz CT molecular complexity index is 593. The number of fused-ring (bicyclic) bond motifs is 1. The average Bonchev–Trinajstić information content (AvgIpc) is 3.17. The number of hydrogen-bond donors (Lipinski definition) is 2. The maximum atomic E-state index is 12.3. The van der Waals surface area contributed by atoms with E-state index in [9.17, 15) is 9.59 Å². The third kappa shape index (κ3) is 4.28. The van der Waals surface area contributed by atoms with E-state index in [2.05, 4.69) is 11.4 Å². The average molecular weight is 352 g/mol. The number of nitrogens with two attached hydrogens (primary N) is 1. The van der Waals surface area contributed by atoms with E-state index in [4.69, 9.17) is 5.73 Å². The molecule has 1 aliphatic heterocycles. The number of para-hydroxylation sites is 1. The lowest BCUT2D eigenvalue weighted by molar-refractivity contribution is -0.125. The van der Waals surface area contributed by atoms with Crippen LogP contribution in [0.2, 0.25) is 0 Å². The van der Waals surface area contributed by atoms with Crippen molar-refractivity contribution in [1.82, 2.24) is 5.32 Å². The Labute approximate surface area is 149 Å². The zero-order chi connectivity index (χ0) is 16.2. The van der Waals surface area contributed by atoms with Crippen molar-refractivity contribution in [2.75, 3.05) is 18.0 Å². The number of hydrogen-bond acceptors (Lipinski definition) is 3.